The van der Waals surface area contributed by atoms with Crippen molar-refractivity contribution in [2.24, 2.45) is 0 Å². The number of halogens is 3. The van der Waals surface area contributed by atoms with Crippen LogP contribution in [0.4, 0.5) is 13.2 Å². The molecule has 1 atom stereocenters. The van der Waals surface area contributed by atoms with Crippen LogP contribution in [0.15, 0.2) is 54.7 Å². The molecule has 0 saturated carbocycles. The van der Waals surface area contributed by atoms with Crippen LogP contribution in [-0.2, 0) is 33.8 Å². The van der Waals surface area contributed by atoms with Crippen molar-refractivity contribution in [1.29, 1.82) is 0 Å². The molecule has 1 aromatic heterocycles. The fraction of sp³-hybridized carbons (Fsp3) is 0.357. The molecule has 1 spiro atoms. The van der Waals surface area contributed by atoms with Gasteiger partial charge in [0.1, 0.15) is 0 Å². The van der Waals surface area contributed by atoms with Crippen molar-refractivity contribution in [3.8, 4) is 0 Å². The minimum Gasteiger partial charge on any atom is -0.365 e. The van der Waals surface area contributed by atoms with Crippen LogP contribution >= 0.6 is 0 Å². The lowest BCUT2D eigenvalue weighted by Gasteiger charge is -2.39. The molecule has 0 radical (unpaired) electrons. The number of piperidine rings is 1. The number of benzene rings is 2. The number of carbonyl (C=O) groups excluding carboxylic acids is 1. The zero-order valence-corrected chi connectivity index (χ0v) is 20.3. The number of ether oxygens (including phenoxy) is 1. The molecule has 2 aromatic carbocycles. The van der Waals surface area contributed by atoms with Crippen LogP contribution in [0.3, 0.4) is 0 Å². The molecule has 5 rings (SSSR count). The molecule has 0 bridgehead atoms. The molecule has 3 heterocycles. The van der Waals surface area contributed by atoms with Gasteiger partial charge < -0.3 is 10.1 Å². The molecule has 1 unspecified atom stereocenters. The van der Waals surface area contributed by atoms with E-state index in [0.29, 0.717) is 12.2 Å². The van der Waals surface area contributed by atoms with Crippen molar-refractivity contribution < 1.29 is 22.7 Å². The van der Waals surface area contributed by atoms with E-state index in [4.69, 9.17) is 4.74 Å². The van der Waals surface area contributed by atoms with Crippen LogP contribution in [0.25, 0.3) is 0 Å². The first-order valence-electron chi connectivity index (χ1n) is 12.0. The molecule has 2 aliphatic heterocycles. The molecule has 36 heavy (non-hydrogen) atoms. The highest BCUT2D eigenvalue weighted by molar-refractivity contribution is 5.75. The predicted molar refractivity (Wildman–Crippen MR) is 128 cm³/mol. The maximum absolute atomic E-state index is 14.0. The Labute approximate surface area is 208 Å². The monoisotopic (exact) mass is 495 g/mol. The maximum atomic E-state index is 14.0. The molecule has 0 aliphatic carbocycles. The number of amides is 1. The van der Waals surface area contributed by atoms with Crippen molar-refractivity contribution in [1.82, 2.24) is 15.2 Å². The quantitative estimate of drug-likeness (QED) is 0.511. The summed E-state index contributed by atoms with van der Waals surface area (Å²) in [5.41, 5.74) is 2.80. The molecule has 1 saturated heterocycles. The average molecular weight is 496 g/mol. The maximum Gasteiger partial charge on any atom is 0.217 e. The Bertz CT molecular complexity index is 1290. The van der Waals surface area contributed by atoms with Crippen LogP contribution in [0, 0.1) is 17.6 Å². The molecular weight excluding hydrogens is 467 g/mol. The number of rotatable bonds is 5. The molecular formula is C28H28F3N3O2. The fourth-order valence-electron chi connectivity index (χ4n) is 5.45. The van der Waals surface area contributed by atoms with Crippen LogP contribution in [0.5, 0.6) is 0 Å². The van der Waals surface area contributed by atoms with Crippen molar-refractivity contribution in [3.05, 3.63) is 100 Å². The van der Waals surface area contributed by atoms with Gasteiger partial charge in [-0.1, -0.05) is 30.3 Å². The van der Waals surface area contributed by atoms with Crippen molar-refractivity contribution in [2.75, 3.05) is 13.1 Å². The van der Waals surface area contributed by atoms with Gasteiger partial charge in [0.2, 0.25) is 11.9 Å². The highest BCUT2D eigenvalue weighted by Crippen LogP contribution is 2.44. The van der Waals surface area contributed by atoms with E-state index in [1.54, 1.807) is 13.1 Å². The third-order valence-corrected chi connectivity index (χ3v) is 7.48. The highest BCUT2D eigenvalue weighted by Gasteiger charge is 2.43. The summed E-state index contributed by atoms with van der Waals surface area (Å²) in [5.74, 6) is -2.65. The SMILES string of the molecule is CC(=O)NC(C)(c1ccc(CN2CCC3(CC2)OCc2cc(F)ncc23)cc1)c1ccc(F)c(F)c1. The summed E-state index contributed by atoms with van der Waals surface area (Å²) >= 11 is 0. The van der Waals surface area contributed by atoms with Gasteiger partial charge in [0.25, 0.3) is 0 Å². The van der Waals surface area contributed by atoms with Gasteiger partial charge in [-0.25, -0.2) is 13.8 Å². The molecule has 188 valence electrons. The van der Waals surface area contributed by atoms with Crippen LogP contribution in [-0.4, -0.2) is 28.9 Å². The Balaban J connectivity index is 1.29. The summed E-state index contributed by atoms with van der Waals surface area (Å²) in [4.78, 5) is 18.2. The third kappa shape index (κ3) is 4.51. The first-order valence-corrected chi connectivity index (χ1v) is 12.0. The van der Waals surface area contributed by atoms with E-state index in [1.807, 2.05) is 24.3 Å². The van der Waals surface area contributed by atoms with Gasteiger partial charge in [-0.15, -0.1) is 0 Å². The summed E-state index contributed by atoms with van der Waals surface area (Å²) in [6.07, 6.45) is 3.23. The van der Waals surface area contributed by atoms with Gasteiger partial charge in [0.15, 0.2) is 11.6 Å². The van der Waals surface area contributed by atoms with E-state index < -0.39 is 23.1 Å². The zero-order chi connectivity index (χ0) is 25.5. The topological polar surface area (TPSA) is 54.5 Å². The second-order valence-electron chi connectivity index (χ2n) is 9.86. The third-order valence-electron chi connectivity index (χ3n) is 7.48. The first kappa shape index (κ1) is 24.5. The number of aromatic nitrogens is 1. The Kier molecular flexibility index (Phi) is 6.34. The second-order valence-corrected chi connectivity index (χ2v) is 9.86. The Morgan fingerprint density at radius 1 is 1.06 bits per heavy atom. The van der Waals surface area contributed by atoms with Crippen LogP contribution < -0.4 is 5.32 Å². The number of likely N-dealkylation sites (tertiary alicyclic amines) is 1. The van der Waals surface area contributed by atoms with E-state index in [9.17, 15) is 18.0 Å². The Hall–Kier alpha value is -3.23. The highest BCUT2D eigenvalue weighted by atomic mass is 19.2. The number of nitrogens with one attached hydrogen (secondary N) is 1. The normalized spacial score (nSPS) is 18.6. The van der Waals surface area contributed by atoms with E-state index in [2.05, 4.69) is 15.2 Å². The fourth-order valence-corrected chi connectivity index (χ4v) is 5.45. The summed E-state index contributed by atoms with van der Waals surface area (Å²) in [6.45, 7) is 6.00. The van der Waals surface area contributed by atoms with Gasteiger partial charge >= 0.3 is 0 Å². The van der Waals surface area contributed by atoms with Crippen molar-refractivity contribution >= 4 is 5.91 Å². The molecule has 1 amide bonds. The van der Waals surface area contributed by atoms with Gasteiger partial charge in [-0.05, 0) is 60.2 Å². The molecule has 8 heteroatoms. The number of pyridine rings is 1. The number of hydrogen-bond donors (Lipinski definition) is 1. The van der Waals surface area contributed by atoms with E-state index in [1.165, 1.54) is 19.1 Å². The van der Waals surface area contributed by atoms with E-state index in [0.717, 1.165) is 66.9 Å². The van der Waals surface area contributed by atoms with Crippen molar-refractivity contribution in [3.63, 3.8) is 0 Å². The average Bonchev–Trinajstić information content (AvgIpc) is 3.19. The minimum atomic E-state index is -1.02. The number of carbonyl (C=O) groups is 1. The number of fused-ring (bicyclic) bond motifs is 2. The molecule has 1 N–H and O–H groups in total. The summed E-state index contributed by atoms with van der Waals surface area (Å²) in [7, 11) is 0. The van der Waals surface area contributed by atoms with Gasteiger partial charge in [0, 0.05) is 38.3 Å². The smallest absolute Gasteiger partial charge is 0.217 e. The Morgan fingerprint density at radius 2 is 1.75 bits per heavy atom. The standard InChI is InChI=1S/C28H28F3N3O2/c1-18(35)33-27(2,22-7-8-24(29)25(30)14-22)21-5-3-19(4-6-21)16-34-11-9-28(10-12-34)23-15-32-26(31)13-20(23)17-36-28/h3-8,13-15H,9-12,16-17H2,1-2H3,(H,33,35). The van der Waals surface area contributed by atoms with E-state index in [-0.39, 0.29) is 11.5 Å². The zero-order valence-electron chi connectivity index (χ0n) is 20.3. The largest absolute Gasteiger partial charge is 0.365 e. The van der Waals surface area contributed by atoms with Crippen LogP contribution in [0.2, 0.25) is 0 Å². The van der Waals surface area contributed by atoms with Crippen molar-refractivity contribution in [2.45, 2.75) is 51.0 Å². The lowest BCUT2D eigenvalue weighted by Crippen LogP contribution is -2.43. The van der Waals surface area contributed by atoms with E-state index >= 15 is 0 Å². The first-order chi connectivity index (χ1) is 17.2. The Morgan fingerprint density at radius 3 is 2.42 bits per heavy atom. The van der Waals surface area contributed by atoms with Gasteiger partial charge in [-0.3, -0.25) is 9.69 Å². The summed E-state index contributed by atoms with van der Waals surface area (Å²) in [6, 6.07) is 13.0. The molecule has 2 aliphatic rings. The summed E-state index contributed by atoms with van der Waals surface area (Å²) < 4.78 is 47.1. The van der Waals surface area contributed by atoms with Crippen LogP contribution in [0.1, 0.15) is 54.5 Å². The summed E-state index contributed by atoms with van der Waals surface area (Å²) in [5, 5.41) is 2.89. The lowest BCUT2D eigenvalue weighted by atomic mass is 9.83. The minimum absolute atomic E-state index is 0.276. The number of nitrogens with zero attached hydrogens (tertiary/aromatic N) is 2. The number of hydrogen-bond acceptors (Lipinski definition) is 4. The molecule has 3 aromatic rings. The second kappa shape index (κ2) is 9.33. The predicted octanol–water partition coefficient (Wildman–Crippen LogP) is 4.92. The van der Waals surface area contributed by atoms with Gasteiger partial charge in [0.05, 0.1) is 17.7 Å². The van der Waals surface area contributed by atoms with Gasteiger partial charge in [-0.2, -0.15) is 4.39 Å². The lowest BCUT2D eigenvalue weighted by molar-refractivity contribution is -0.120. The molecule has 5 nitrogen and oxygen atoms in total. The molecule has 1 fully saturated rings.